The summed E-state index contributed by atoms with van der Waals surface area (Å²) in [6.45, 7) is 10.2. The van der Waals surface area contributed by atoms with Gasteiger partial charge < -0.3 is 19.3 Å². The number of rotatable bonds is 3. The fraction of sp³-hybridized carbons (Fsp3) is 0.455. The summed E-state index contributed by atoms with van der Waals surface area (Å²) in [4.78, 5) is 4.67. The normalized spacial score (nSPS) is 27.1. The average molecular weight is 352 g/mol. The van der Waals surface area contributed by atoms with Gasteiger partial charge in [0, 0.05) is 24.5 Å². The van der Waals surface area contributed by atoms with E-state index in [4.69, 9.17) is 9.47 Å². The van der Waals surface area contributed by atoms with Crippen LogP contribution in [0.4, 0.5) is 11.4 Å². The van der Waals surface area contributed by atoms with Crippen LogP contribution in [0.3, 0.4) is 0 Å². The highest BCUT2D eigenvalue weighted by atomic mass is 16.6. The Morgan fingerprint density at radius 3 is 1.35 bits per heavy atom. The summed E-state index contributed by atoms with van der Waals surface area (Å²) in [6.07, 6.45) is 0.0800. The van der Waals surface area contributed by atoms with Gasteiger partial charge in [-0.25, -0.2) is 0 Å². The van der Waals surface area contributed by atoms with Gasteiger partial charge in [0.15, 0.2) is 0 Å². The van der Waals surface area contributed by atoms with E-state index in [1.165, 1.54) is 11.4 Å². The van der Waals surface area contributed by atoms with E-state index in [1.54, 1.807) is 0 Å². The zero-order valence-electron chi connectivity index (χ0n) is 16.1. The molecule has 0 radical (unpaired) electrons. The molecule has 0 unspecified atom stereocenters. The van der Waals surface area contributed by atoms with Crippen LogP contribution in [0, 0.1) is 0 Å². The van der Waals surface area contributed by atoms with Crippen molar-refractivity contribution in [2.75, 3.05) is 22.9 Å². The van der Waals surface area contributed by atoms with Crippen LogP contribution in [-0.4, -0.2) is 36.7 Å². The summed E-state index contributed by atoms with van der Waals surface area (Å²) < 4.78 is 12.9. The molecular formula is C22H28N2O2. The predicted molar refractivity (Wildman–Crippen MR) is 105 cm³/mol. The van der Waals surface area contributed by atoms with E-state index in [0.29, 0.717) is 0 Å². The number of anilines is 2. The average Bonchev–Trinajstić information content (AvgIpc) is 3.12. The van der Waals surface area contributed by atoms with Gasteiger partial charge in [-0.2, -0.15) is 0 Å². The maximum Gasteiger partial charge on any atom is 0.136 e. The second-order valence-electron chi connectivity index (χ2n) is 8.10. The van der Waals surface area contributed by atoms with Crippen molar-refractivity contribution in [3.8, 4) is 0 Å². The number of ether oxygens (including phenoxy) is 2. The van der Waals surface area contributed by atoms with Crippen molar-refractivity contribution < 1.29 is 9.47 Å². The highest BCUT2D eigenvalue weighted by molar-refractivity contribution is 5.51. The molecule has 2 saturated heterocycles. The summed E-state index contributed by atoms with van der Waals surface area (Å²) in [5, 5.41) is 0. The Morgan fingerprint density at radius 2 is 1.00 bits per heavy atom. The summed E-state index contributed by atoms with van der Waals surface area (Å²) >= 11 is 0. The van der Waals surface area contributed by atoms with Crippen molar-refractivity contribution in [1.82, 2.24) is 0 Å². The molecule has 2 aromatic carbocycles. The molecule has 4 nitrogen and oxygen atoms in total. The molecule has 0 spiro atoms. The molecule has 2 heterocycles. The third-order valence-corrected chi connectivity index (χ3v) is 5.46. The van der Waals surface area contributed by atoms with Crippen LogP contribution in [0.15, 0.2) is 60.7 Å². The van der Waals surface area contributed by atoms with Gasteiger partial charge in [0.2, 0.25) is 0 Å². The van der Waals surface area contributed by atoms with E-state index < -0.39 is 0 Å². The minimum Gasteiger partial charge on any atom is -0.348 e. The Balaban J connectivity index is 1.54. The molecule has 0 bridgehead atoms. The smallest absolute Gasteiger partial charge is 0.136 e. The summed E-state index contributed by atoms with van der Waals surface area (Å²) in [5.41, 5.74) is 1.69. The van der Waals surface area contributed by atoms with Crippen molar-refractivity contribution in [3.63, 3.8) is 0 Å². The fourth-order valence-electron chi connectivity index (χ4n) is 4.18. The van der Waals surface area contributed by atoms with Crippen LogP contribution in [0.2, 0.25) is 0 Å². The first-order chi connectivity index (χ1) is 12.4. The first-order valence-electron chi connectivity index (χ1n) is 9.38. The summed E-state index contributed by atoms with van der Waals surface area (Å²) in [5.74, 6) is 0. The van der Waals surface area contributed by atoms with Gasteiger partial charge in [-0.1, -0.05) is 36.4 Å². The minimum atomic E-state index is -0.348. The third-order valence-electron chi connectivity index (χ3n) is 5.46. The van der Waals surface area contributed by atoms with Gasteiger partial charge in [0.05, 0.1) is 0 Å². The van der Waals surface area contributed by atoms with Crippen LogP contribution in [-0.2, 0) is 9.47 Å². The second-order valence-corrected chi connectivity index (χ2v) is 8.10. The molecule has 4 rings (SSSR count). The molecule has 2 aromatic rings. The number of hydrogen-bond acceptors (Lipinski definition) is 4. The molecule has 2 aliphatic heterocycles. The topological polar surface area (TPSA) is 24.9 Å². The maximum atomic E-state index is 6.45. The van der Waals surface area contributed by atoms with E-state index >= 15 is 0 Å². The van der Waals surface area contributed by atoms with E-state index in [9.17, 15) is 0 Å². The Labute approximate surface area is 156 Å². The lowest BCUT2D eigenvalue weighted by Gasteiger charge is -2.31. The Kier molecular flexibility index (Phi) is 4.20. The summed E-state index contributed by atoms with van der Waals surface area (Å²) in [7, 11) is 0. The van der Waals surface area contributed by atoms with Crippen LogP contribution in [0.1, 0.15) is 27.7 Å². The van der Waals surface area contributed by atoms with Gasteiger partial charge in [-0.05, 0) is 52.0 Å². The fourth-order valence-corrected chi connectivity index (χ4v) is 4.18. The van der Waals surface area contributed by atoms with Gasteiger partial charge in [0.1, 0.15) is 23.7 Å². The SMILES string of the molecule is CC1(C)O[C@H]([C@@H]2CN(c3ccccc3)C(C)(C)O2)CN1c1ccccc1. The van der Waals surface area contributed by atoms with Gasteiger partial charge >= 0.3 is 0 Å². The zero-order chi connectivity index (χ0) is 18.4. The lowest BCUT2D eigenvalue weighted by Crippen LogP contribution is -2.39. The van der Waals surface area contributed by atoms with Crippen molar-refractivity contribution in [1.29, 1.82) is 0 Å². The quantitative estimate of drug-likeness (QED) is 0.824. The predicted octanol–water partition coefficient (Wildman–Crippen LogP) is 4.27. The van der Waals surface area contributed by atoms with Crippen LogP contribution in [0.5, 0.6) is 0 Å². The number of benzene rings is 2. The van der Waals surface area contributed by atoms with Crippen molar-refractivity contribution in [2.24, 2.45) is 0 Å². The molecule has 2 fully saturated rings. The van der Waals surface area contributed by atoms with Gasteiger partial charge in [-0.3, -0.25) is 0 Å². The molecular weight excluding hydrogens is 324 g/mol. The molecule has 0 aliphatic carbocycles. The molecule has 4 heteroatoms. The molecule has 138 valence electrons. The third kappa shape index (κ3) is 3.08. The van der Waals surface area contributed by atoms with E-state index in [2.05, 4.69) is 86.0 Å². The van der Waals surface area contributed by atoms with Crippen LogP contribution in [0.25, 0.3) is 0 Å². The van der Waals surface area contributed by atoms with Gasteiger partial charge in [-0.15, -0.1) is 0 Å². The lowest BCUT2D eigenvalue weighted by atomic mass is 10.1. The van der Waals surface area contributed by atoms with Crippen LogP contribution < -0.4 is 9.80 Å². The first kappa shape index (κ1) is 17.4. The Hall–Kier alpha value is -2.04. The lowest BCUT2D eigenvalue weighted by molar-refractivity contribution is -0.105. The Bertz CT molecular complexity index is 680. The molecule has 0 amide bonds. The van der Waals surface area contributed by atoms with Crippen LogP contribution >= 0.6 is 0 Å². The number of nitrogens with zero attached hydrogens (tertiary/aromatic N) is 2. The number of para-hydroxylation sites is 2. The molecule has 0 aromatic heterocycles. The monoisotopic (exact) mass is 352 g/mol. The zero-order valence-corrected chi connectivity index (χ0v) is 16.1. The highest BCUT2D eigenvalue weighted by Gasteiger charge is 2.49. The van der Waals surface area contributed by atoms with Crippen molar-refractivity contribution in [2.45, 2.75) is 51.4 Å². The standard InChI is InChI=1S/C22H28N2O2/c1-21(2)23(17-11-7-5-8-12-17)15-19(25-21)20-16-24(22(3,4)26-20)18-13-9-6-10-14-18/h5-14,19-20H,15-16H2,1-4H3/t19-,20-/m0/s1. The molecule has 26 heavy (non-hydrogen) atoms. The summed E-state index contributed by atoms with van der Waals surface area (Å²) in [6, 6.07) is 21.0. The molecule has 2 aliphatic rings. The highest BCUT2D eigenvalue weighted by Crippen LogP contribution is 2.39. The minimum absolute atomic E-state index is 0.0400. The second kappa shape index (κ2) is 6.29. The van der Waals surface area contributed by atoms with E-state index in [-0.39, 0.29) is 23.7 Å². The molecule has 0 saturated carbocycles. The van der Waals surface area contributed by atoms with Crippen molar-refractivity contribution in [3.05, 3.63) is 60.7 Å². The van der Waals surface area contributed by atoms with Crippen molar-refractivity contribution >= 4 is 11.4 Å². The Morgan fingerprint density at radius 1 is 0.654 bits per heavy atom. The number of hydrogen-bond donors (Lipinski definition) is 0. The van der Waals surface area contributed by atoms with E-state index in [1.807, 2.05) is 12.1 Å². The maximum absolute atomic E-state index is 6.45. The van der Waals surface area contributed by atoms with Gasteiger partial charge in [0.25, 0.3) is 0 Å². The van der Waals surface area contributed by atoms with E-state index in [0.717, 1.165) is 13.1 Å². The largest absolute Gasteiger partial charge is 0.348 e. The molecule has 2 atom stereocenters. The first-order valence-corrected chi connectivity index (χ1v) is 9.38. The molecule has 0 N–H and O–H groups in total.